The number of benzene rings is 1. The molecule has 0 radical (unpaired) electrons. The van der Waals surface area contributed by atoms with Gasteiger partial charge in [0.25, 0.3) is 0 Å². The lowest BCUT2D eigenvalue weighted by Gasteiger charge is -2.28. The van der Waals surface area contributed by atoms with Crippen molar-refractivity contribution >= 4 is 35.7 Å². The van der Waals surface area contributed by atoms with E-state index in [4.69, 9.17) is 4.74 Å². The van der Waals surface area contributed by atoms with Crippen LogP contribution in [-0.2, 0) is 16.1 Å². The first-order valence-corrected chi connectivity index (χ1v) is 12.9. The fourth-order valence-corrected chi connectivity index (χ4v) is 4.27. The predicted octanol–water partition coefficient (Wildman–Crippen LogP) is 3.84. The van der Waals surface area contributed by atoms with Gasteiger partial charge in [-0.25, -0.2) is 9.78 Å². The average Bonchev–Trinajstić information content (AvgIpc) is 3.55. The van der Waals surface area contributed by atoms with E-state index in [2.05, 4.69) is 48.8 Å². The fraction of sp³-hybridized carbons (Fsp3) is 0.464. The van der Waals surface area contributed by atoms with Crippen LogP contribution < -0.4 is 16.0 Å². The van der Waals surface area contributed by atoms with Gasteiger partial charge in [0, 0.05) is 38.5 Å². The highest BCUT2D eigenvalue weighted by Crippen LogP contribution is 2.23. The zero-order chi connectivity index (χ0) is 27.1. The van der Waals surface area contributed by atoms with Gasteiger partial charge < -0.3 is 20.7 Å². The third-order valence-electron chi connectivity index (χ3n) is 6.10. The highest BCUT2D eigenvalue weighted by molar-refractivity contribution is 5.87. The number of nitrogens with zero attached hydrogens (tertiary/aromatic N) is 4. The molecule has 2 amide bonds. The third kappa shape index (κ3) is 7.00. The van der Waals surface area contributed by atoms with Crippen molar-refractivity contribution in [2.45, 2.75) is 64.6 Å². The van der Waals surface area contributed by atoms with E-state index >= 15 is 0 Å². The second kappa shape index (κ2) is 11.9. The lowest BCUT2D eigenvalue weighted by molar-refractivity contribution is -0.125. The molecule has 2 aliphatic rings. The summed E-state index contributed by atoms with van der Waals surface area (Å²) in [7, 11) is 1.79. The minimum atomic E-state index is -0.591. The molecule has 3 heterocycles. The molecule has 0 bridgehead atoms. The molecule has 4 rings (SSSR count). The normalized spacial score (nSPS) is 15.9. The van der Waals surface area contributed by atoms with Crippen LogP contribution in [0.2, 0.25) is 0 Å². The monoisotopic (exact) mass is 517 g/mol. The van der Waals surface area contributed by atoms with Crippen LogP contribution in [0.3, 0.4) is 0 Å². The van der Waals surface area contributed by atoms with Gasteiger partial charge in [-0.05, 0) is 63.3 Å². The van der Waals surface area contributed by atoms with Gasteiger partial charge in [-0.2, -0.15) is 4.98 Å². The third-order valence-corrected chi connectivity index (χ3v) is 6.10. The molecule has 200 valence electrons. The van der Waals surface area contributed by atoms with E-state index in [9.17, 15) is 9.59 Å². The number of likely N-dealkylation sites (tertiary alicyclic amines) is 1. The number of nitrogens with one attached hydrogen (secondary N) is 3. The molecule has 10 nitrogen and oxygen atoms in total. The van der Waals surface area contributed by atoms with Gasteiger partial charge in [-0.3, -0.25) is 14.7 Å². The zero-order valence-corrected chi connectivity index (χ0v) is 22.4. The van der Waals surface area contributed by atoms with E-state index in [1.165, 1.54) is 10.5 Å². The fourth-order valence-electron chi connectivity index (χ4n) is 4.27. The molecule has 0 spiro atoms. The van der Waals surface area contributed by atoms with E-state index in [1.807, 2.05) is 39.1 Å². The van der Waals surface area contributed by atoms with E-state index in [1.54, 1.807) is 13.2 Å². The number of hydrogen-bond acceptors (Lipinski definition) is 8. The molecule has 3 N–H and O–H groups in total. The first-order chi connectivity index (χ1) is 18.2. The number of hydrogen-bond donors (Lipinski definition) is 3. The molecule has 1 saturated heterocycles. The van der Waals surface area contributed by atoms with Crippen molar-refractivity contribution in [3.05, 3.63) is 41.1 Å². The summed E-state index contributed by atoms with van der Waals surface area (Å²) >= 11 is 0. The molecule has 10 heteroatoms. The van der Waals surface area contributed by atoms with Gasteiger partial charge in [0.15, 0.2) is 0 Å². The molecule has 2 aromatic rings. The van der Waals surface area contributed by atoms with E-state index in [0.717, 1.165) is 24.2 Å². The number of carbonyl (C=O) groups is 2. The topological polar surface area (TPSA) is 121 Å². The van der Waals surface area contributed by atoms with Crippen LogP contribution in [0.25, 0.3) is 0 Å². The van der Waals surface area contributed by atoms with Crippen molar-refractivity contribution in [3.8, 4) is 11.8 Å². The van der Waals surface area contributed by atoms with Gasteiger partial charge in [-0.1, -0.05) is 17.9 Å². The Morgan fingerprint density at radius 3 is 2.89 bits per heavy atom. The molecule has 0 saturated carbocycles. The average molecular weight is 518 g/mol. The molecule has 1 atom stereocenters. The largest absolute Gasteiger partial charge is 0.444 e. The van der Waals surface area contributed by atoms with Crippen molar-refractivity contribution in [1.29, 1.82) is 0 Å². The van der Waals surface area contributed by atoms with Crippen molar-refractivity contribution < 1.29 is 14.3 Å². The molecule has 0 aliphatic carbocycles. The first-order valence-electron chi connectivity index (χ1n) is 12.9. The first kappa shape index (κ1) is 26.9. The van der Waals surface area contributed by atoms with E-state index < -0.39 is 17.7 Å². The molecular weight excluding hydrogens is 482 g/mol. The van der Waals surface area contributed by atoms with Crippen LogP contribution in [0.15, 0.2) is 29.4 Å². The van der Waals surface area contributed by atoms with Gasteiger partial charge >= 0.3 is 6.09 Å². The summed E-state index contributed by atoms with van der Waals surface area (Å²) in [5, 5.41) is 9.23. The Morgan fingerprint density at radius 1 is 1.26 bits per heavy atom. The number of aliphatic imine (C=N–C) groups is 1. The van der Waals surface area contributed by atoms with Crippen LogP contribution in [0.4, 0.5) is 22.2 Å². The molecule has 1 aromatic heterocycles. The highest BCUT2D eigenvalue weighted by Gasteiger charge is 2.36. The minimum absolute atomic E-state index is 0.147. The van der Waals surface area contributed by atoms with Crippen LogP contribution in [0, 0.1) is 11.8 Å². The summed E-state index contributed by atoms with van der Waals surface area (Å²) in [5.74, 6) is 7.20. The van der Waals surface area contributed by atoms with Crippen molar-refractivity contribution in [2.24, 2.45) is 4.99 Å². The molecular formula is C28H35N7O3. The molecule has 38 heavy (non-hydrogen) atoms. The number of fused-ring (bicyclic) bond motifs is 1. The van der Waals surface area contributed by atoms with Gasteiger partial charge in [0.2, 0.25) is 11.9 Å². The molecule has 1 fully saturated rings. The van der Waals surface area contributed by atoms with Crippen molar-refractivity contribution in [3.63, 3.8) is 0 Å². The smallest absolute Gasteiger partial charge is 0.410 e. The van der Waals surface area contributed by atoms with E-state index in [-0.39, 0.29) is 5.91 Å². The maximum atomic E-state index is 12.6. The van der Waals surface area contributed by atoms with Crippen molar-refractivity contribution in [1.82, 2.24) is 20.2 Å². The Morgan fingerprint density at radius 2 is 2.11 bits per heavy atom. The molecule has 0 unspecified atom stereocenters. The van der Waals surface area contributed by atoms with Gasteiger partial charge in [-0.15, -0.1) is 0 Å². The summed E-state index contributed by atoms with van der Waals surface area (Å²) in [4.78, 5) is 39.8. The summed E-state index contributed by atoms with van der Waals surface area (Å²) < 4.78 is 5.44. The maximum absolute atomic E-state index is 12.6. The number of carbonyl (C=O) groups excluding carboxylic acids is 2. The lowest BCUT2D eigenvalue weighted by Crippen LogP contribution is -2.47. The number of unbranched alkanes of at least 4 members (excludes halogenated alkanes) is 1. The Balaban J connectivity index is 1.25. The quantitative estimate of drug-likeness (QED) is 0.377. The summed E-state index contributed by atoms with van der Waals surface area (Å²) in [6.07, 6.45) is 5.84. The summed E-state index contributed by atoms with van der Waals surface area (Å²) in [5.41, 5.74) is 3.31. The Bertz CT molecular complexity index is 1270. The van der Waals surface area contributed by atoms with Gasteiger partial charge in [0.1, 0.15) is 17.5 Å². The maximum Gasteiger partial charge on any atom is 0.410 e. The lowest BCUT2D eigenvalue weighted by atomic mass is 10.1. The van der Waals surface area contributed by atoms with Crippen LogP contribution in [0.5, 0.6) is 0 Å². The number of aromatic nitrogens is 2. The zero-order valence-electron chi connectivity index (χ0n) is 22.4. The van der Waals surface area contributed by atoms with E-state index in [0.29, 0.717) is 49.7 Å². The highest BCUT2D eigenvalue weighted by atomic mass is 16.6. The Kier molecular flexibility index (Phi) is 8.46. The number of rotatable bonds is 7. The number of amides is 2. The SMILES string of the molecule is CNc1nc(Nc2ccc3c(c2)C=NC3)ncc1C#CCCCNC(=O)[C@@H]1CCCN1C(=O)OC(C)(C)C. The van der Waals surface area contributed by atoms with Crippen LogP contribution in [0.1, 0.15) is 63.1 Å². The van der Waals surface area contributed by atoms with Crippen LogP contribution >= 0.6 is 0 Å². The molecule has 1 aromatic carbocycles. The van der Waals surface area contributed by atoms with Crippen molar-refractivity contribution in [2.75, 3.05) is 30.8 Å². The number of anilines is 3. The Hall–Kier alpha value is -4.13. The number of ether oxygens (including phenoxy) is 1. The second-order valence-electron chi connectivity index (χ2n) is 10.2. The summed E-state index contributed by atoms with van der Waals surface area (Å²) in [6, 6.07) is 5.59. The van der Waals surface area contributed by atoms with Gasteiger partial charge in [0.05, 0.1) is 18.3 Å². The second-order valence-corrected chi connectivity index (χ2v) is 10.2. The Labute approximate surface area is 223 Å². The van der Waals surface area contributed by atoms with Crippen LogP contribution in [-0.4, -0.2) is 64.9 Å². The minimum Gasteiger partial charge on any atom is -0.444 e. The predicted molar refractivity (Wildman–Crippen MR) is 148 cm³/mol. The molecule has 2 aliphatic heterocycles. The summed E-state index contributed by atoms with van der Waals surface area (Å²) in [6.45, 7) is 7.20. The standard InChI is InChI=1S/C28H35N7O3/c1-28(2,3)38-27(37)35-14-8-10-23(35)25(36)31-13-7-5-6-9-20-18-32-26(34-24(20)29-4)33-22-12-11-19-16-30-17-21(19)15-22/h11-12,15,17-18,23H,5,7-8,10,13-14,16H2,1-4H3,(H,31,36)(H2,29,32,33,34)/t23-/m0/s1.